The lowest BCUT2D eigenvalue weighted by Crippen LogP contribution is -2.07. The topological polar surface area (TPSA) is 55.1 Å². The summed E-state index contributed by atoms with van der Waals surface area (Å²) in [5.41, 5.74) is 4.16. The number of benzene rings is 1. The summed E-state index contributed by atoms with van der Waals surface area (Å²) in [7, 11) is 0. The second-order valence-corrected chi connectivity index (χ2v) is 4.30. The lowest BCUT2D eigenvalue weighted by atomic mass is 10.1. The molecule has 0 aliphatic carbocycles. The summed E-state index contributed by atoms with van der Waals surface area (Å²) >= 11 is 0. The number of nitrogens with zero attached hydrogens (tertiary/aromatic N) is 2. The molecule has 0 atom stereocenters. The van der Waals surface area contributed by atoms with E-state index in [0.717, 1.165) is 23.2 Å². The van der Waals surface area contributed by atoms with Crippen LogP contribution in [0.2, 0.25) is 0 Å². The zero-order valence-electron chi connectivity index (χ0n) is 10.8. The average molecular weight is 244 g/mol. The number of carboxylic acids is 1. The van der Waals surface area contributed by atoms with Crippen molar-refractivity contribution < 1.29 is 9.90 Å². The van der Waals surface area contributed by atoms with Crippen LogP contribution in [0.1, 0.15) is 34.1 Å². The third-order valence-corrected chi connectivity index (χ3v) is 3.15. The van der Waals surface area contributed by atoms with Gasteiger partial charge >= 0.3 is 5.97 Å². The van der Waals surface area contributed by atoms with Crippen molar-refractivity contribution in [3.05, 3.63) is 46.8 Å². The third kappa shape index (κ3) is 1.90. The van der Waals surface area contributed by atoms with Crippen LogP contribution < -0.4 is 0 Å². The maximum absolute atomic E-state index is 11.1. The second-order valence-electron chi connectivity index (χ2n) is 4.30. The molecule has 1 N–H and O–H groups in total. The number of carboxylic acid groups (broad SMARTS) is 1. The van der Waals surface area contributed by atoms with Crippen molar-refractivity contribution in [3.63, 3.8) is 0 Å². The molecule has 0 amide bonds. The fraction of sp³-hybridized carbons (Fsp3) is 0.286. The number of hydrogen-bond acceptors (Lipinski definition) is 2. The Balaban J connectivity index is 2.66. The van der Waals surface area contributed by atoms with Crippen LogP contribution in [-0.4, -0.2) is 20.9 Å². The molecule has 0 saturated carbocycles. The zero-order chi connectivity index (χ0) is 13.3. The summed E-state index contributed by atoms with van der Waals surface area (Å²) in [6.45, 7) is 5.87. The van der Waals surface area contributed by atoms with Crippen LogP contribution in [0, 0.1) is 13.8 Å². The van der Waals surface area contributed by atoms with E-state index in [0.29, 0.717) is 5.69 Å². The first kappa shape index (κ1) is 12.4. The summed E-state index contributed by atoms with van der Waals surface area (Å²) < 4.78 is 1.72. The molecule has 2 aromatic rings. The number of rotatable bonds is 3. The predicted molar refractivity (Wildman–Crippen MR) is 69.4 cm³/mol. The standard InChI is InChI=1S/C14H16N2O2/c1-4-11-7-5-6-9(2)13(11)16-10(3)12(8-15-16)14(17)18/h5-8H,4H2,1-3H3,(H,17,18). The van der Waals surface area contributed by atoms with Crippen molar-refractivity contribution in [1.29, 1.82) is 0 Å². The van der Waals surface area contributed by atoms with Crippen molar-refractivity contribution in [3.8, 4) is 5.69 Å². The van der Waals surface area contributed by atoms with Crippen LogP contribution in [0.3, 0.4) is 0 Å². The van der Waals surface area contributed by atoms with Crippen LogP contribution in [0.4, 0.5) is 0 Å². The monoisotopic (exact) mass is 244 g/mol. The number of hydrogen-bond donors (Lipinski definition) is 1. The Bertz CT molecular complexity index is 600. The van der Waals surface area contributed by atoms with Crippen LogP contribution in [-0.2, 0) is 6.42 Å². The number of para-hydroxylation sites is 1. The van der Waals surface area contributed by atoms with E-state index in [-0.39, 0.29) is 5.56 Å². The van der Waals surface area contributed by atoms with Gasteiger partial charge < -0.3 is 5.11 Å². The van der Waals surface area contributed by atoms with Gasteiger partial charge in [-0.05, 0) is 31.4 Å². The molecule has 1 heterocycles. The van der Waals surface area contributed by atoms with E-state index in [1.54, 1.807) is 11.6 Å². The molecule has 1 aromatic heterocycles. The fourth-order valence-electron chi connectivity index (χ4n) is 2.15. The van der Waals surface area contributed by atoms with E-state index in [9.17, 15) is 4.79 Å². The zero-order valence-corrected chi connectivity index (χ0v) is 10.8. The lowest BCUT2D eigenvalue weighted by Gasteiger charge is -2.13. The molecule has 0 saturated heterocycles. The van der Waals surface area contributed by atoms with E-state index >= 15 is 0 Å². The normalized spacial score (nSPS) is 10.6. The van der Waals surface area contributed by atoms with Crippen molar-refractivity contribution in [2.75, 3.05) is 0 Å². The summed E-state index contributed by atoms with van der Waals surface area (Å²) in [5.74, 6) is -0.939. The van der Waals surface area contributed by atoms with Gasteiger partial charge in [0.1, 0.15) is 5.56 Å². The molecule has 4 heteroatoms. The van der Waals surface area contributed by atoms with E-state index in [2.05, 4.69) is 12.0 Å². The molecule has 4 nitrogen and oxygen atoms in total. The molecule has 2 rings (SSSR count). The van der Waals surface area contributed by atoms with Gasteiger partial charge in [-0.15, -0.1) is 0 Å². The highest BCUT2D eigenvalue weighted by molar-refractivity contribution is 5.88. The maximum Gasteiger partial charge on any atom is 0.339 e. The summed E-state index contributed by atoms with van der Waals surface area (Å²) in [4.78, 5) is 11.1. The second kappa shape index (κ2) is 4.64. The smallest absolute Gasteiger partial charge is 0.339 e. The highest BCUT2D eigenvalue weighted by atomic mass is 16.4. The molecule has 0 radical (unpaired) electrons. The molecular formula is C14H16N2O2. The first-order valence-corrected chi connectivity index (χ1v) is 5.93. The molecule has 0 unspecified atom stereocenters. The first-order valence-electron chi connectivity index (χ1n) is 5.93. The van der Waals surface area contributed by atoms with Gasteiger partial charge in [-0.3, -0.25) is 0 Å². The number of aromatic carboxylic acids is 1. The van der Waals surface area contributed by atoms with Gasteiger partial charge in [0.15, 0.2) is 0 Å². The molecule has 0 spiro atoms. The van der Waals surface area contributed by atoms with Gasteiger partial charge in [-0.2, -0.15) is 5.10 Å². The summed E-state index contributed by atoms with van der Waals surface area (Å²) in [5, 5.41) is 13.3. The number of carbonyl (C=O) groups is 1. The highest BCUT2D eigenvalue weighted by Crippen LogP contribution is 2.22. The van der Waals surface area contributed by atoms with E-state index < -0.39 is 5.97 Å². The van der Waals surface area contributed by atoms with Crippen molar-refractivity contribution in [2.24, 2.45) is 0 Å². The first-order chi connectivity index (χ1) is 8.56. The predicted octanol–water partition coefficient (Wildman–Crippen LogP) is 2.75. The van der Waals surface area contributed by atoms with Crippen LogP contribution in [0.15, 0.2) is 24.4 Å². The van der Waals surface area contributed by atoms with Crippen LogP contribution >= 0.6 is 0 Å². The molecule has 1 aromatic carbocycles. The van der Waals surface area contributed by atoms with Gasteiger partial charge in [0, 0.05) is 0 Å². The molecule has 0 aliphatic heterocycles. The van der Waals surface area contributed by atoms with Gasteiger partial charge in [0.25, 0.3) is 0 Å². The molecular weight excluding hydrogens is 228 g/mol. The highest BCUT2D eigenvalue weighted by Gasteiger charge is 2.16. The minimum atomic E-state index is -0.939. The Morgan fingerprint density at radius 2 is 2.11 bits per heavy atom. The van der Waals surface area contributed by atoms with E-state index in [1.807, 2.05) is 25.1 Å². The van der Waals surface area contributed by atoms with Gasteiger partial charge in [-0.1, -0.05) is 25.1 Å². The van der Waals surface area contributed by atoms with Gasteiger partial charge in [0.2, 0.25) is 0 Å². The Labute approximate surface area is 106 Å². The van der Waals surface area contributed by atoms with Crippen molar-refractivity contribution >= 4 is 5.97 Å². The largest absolute Gasteiger partial charge is 0.478 e. The van der Waals surface area contributed by atoms with Crippen molar-refractivity contribution in [1.82, 2.24) is 9.78 Å². The Morgan fingerprint density at radius 3 is 2.67 bits per heavy atom. The molecule has 0 aliphatic rings. The minimum Gasteiger partial charge on any atom is -0.478 e. The quantitative estimate of drug-likeness (QED) is 0.903. The van der Waals surface area contributed by atoms with E-state index in [1.165, 1.54) is 6.20 Å². The molecule has 0 bridgehead atoms. The average Bonchev–Trinajstić information content (AvgIpc) is 2.70. The summed E-state index contributed by atoms with van der Waals surface area (Å²) in [6.07, 6.45) is 2.29. The Morgan fingerprint density at radius 1 is 1.39 bits per heavy atom. The van der Waals surface area contributed by atoms with Crippen LogP contribution in [0.5, 0.6) is 0 Å². The molecule has 18 heavy (non-hydrogen) atoms. The fourth-order valence-corrected chi connectivity index (χ4v) is 2.15. The molecule has 0 fully saturated rings. The maximum atomic E-state index is 11.1. The Hall–Kier alpha value is -2.10. The van der Waals surface area contributed by atoms with Crippen LogP contribution in [0.25, 0.3) is 5.69 Å². The van der Waals surface area contributed by atoms with Gasteiger partial charge in [0.05, 0.1) is 17.6 Å². The molecule has 94 valence electrons. The lowest BCUT2D eigenvalue weighted by molar-refractivity contribution is 0.0696. The number of aryl methyl sites for hydroxylation is 2. The Kier molecular flexibility index (Phi) is 3.19. The third-order valence-electron chi connectivity index (χ3n) is 3.15. The minimum absolute atomic E-state index is 0.250. The van der Waals surface area contributed by atoms with E-state index in [4.69, 9.17) is 5.11 Å². The van der Waals surface area contributed by atoms with Crippen molar-refractivity contribution in [2.45, 2.75) is 27.2 Å². The number of aromatic nitrogens is 2. The summed E-state index contributed by atoms with van der Waals surface area (Å²) in [6, 6.07) is 6.06. The van der Waals surface area contributed by atoms with Gasteiger partial charge in [-0.25, -0.2) is 9.48 Å². The SMILES string of the molecule is CCc1cccc(C)c1-n1ncc(C(=O)O)c1C.